The molecular formula is C22H27N3S. The molecule has 0 saturated carbocycles. The molecule has 0 N–H and O–H groups in total. The first-order chi connectivity index (χ1) is 12.6. The summed E-state index contributed by atoms with van der Waals surface area (Å²) >= 11 is 1.85. The van der Waals surface area contributed by atoms with E-state index in [1.165, 1.54) is 45.9 Å². The molecule has 1 fully saturated rings. The minimum Gasteiger partial charge on any atom is -0.378 e. The minimum absolute atomic E-state index is 0.737. The summed E-state index contributed by atoms with van der Waals surface area (Å²) in [5.41, 5.74) is 4.85. The number of rotatable bonds is 5. The molecule has 1 aromatic heterocycles. The van der Waals surface area contributed by atoms with Gasteiger partial charge in [-0.05, 0) is 61.7 Å². The van der Waals surface area contributed by atoms with Gasteiger partial charge >= 0.3 is 0 Å². The van der Waals surface area contributed by atoms with Crippen LogP contribution in [0.3, 0.4) is 0 Å². The lowest BCUT2D eigenvalue weighted by Gasteiger charge is -2.19. The maximum absolute atomic E-state index is 4.91. The minimum atomic E-state index is 0.737. The van der Waals surface area contributed by atoms with Crippen molar-refractivity contribution < 1.29 is 0 Å². The Morgan fingerprint density at radius 3 is 2.58 bits per heavy atom. The fourth-order valence-corrected chi connectivity index (χ4v) is 4.71. The smallest absolute Gasteiger partial charge is 0.0951 e. The molecule has 26 heavy (non-hydrogen) atoms. The zero-order chi connectivity index (χ0) is 18.1. The standard InChI is InChI=1S/C22H27N3S/c1-16-5-4-13-25(16)14-12-22-23-20-15-18(8-11-21(20)26-22)17-6-9-19(10-7-17)24(2)3/h6-11,15-16H,4-5,12-14H2,1-3H3/t16-/m1/s1. The van der Waals surface area contributed by atoms with Crippen molar-refractivity contribution in [2.24, 2.45) is 0 Å². The number of aromatic nitrogens is 1. The maximum Gasteiger partial charge on any atom is 0.0951 e. The normalized spacial score (nSPS) is 17.9. The second-order valence-corrected chi connectivity index (χ2v) is 8.62. The number of anilines is 1. The third kappa shape index (κ3) is 3.62. The molecule has 2 aromatic carbocycles. The molecule has 2 heterocycles. The lowest BCUT2D eigenvalue weighted by molar-refractivity contribution is 0.272. The van der Waals surface area contributed by atoms with E-state index in [0.29, 0.717) is 0 Å². The number of benzene rings is 2. The zero-order valence-corrected chi connectivity index (χ0v) is 16.7. The molecule has 0 amide bonds. The lowest BCUT2D eigenvalue weighted by Crippen LogP contribution is -2.28. The summed E-state index contributed by atoms with van der Waals surface area (Å²) in [6, 6.07) is 16.1. The Kier molecular flexibility index (Phi) is 4.96. The first-order valence-corrected chi connectivity index (χ1v) is 10.3. The van der Waals surface area contributed by atoms with Crippen LogP contribution in [0.25, 0.3) is 21.3 Å². The van der Waals surface area contributed by atoms with Crippen LogP contribution < -0.4 is 4.90 Å². The maximum atomic E-state index is 4.91. The van der Waals surface area contributed by atoms with Crippen LogP contribution in [0.1, 0.15) is 24.8 Å². The van der Waals surface area contributed by atoms with Crippen molar-refractivity contribution in [3.8, 4) is 11.1 Å². The van der Waals surface area contributed by atoms with Crippen molar-refractivity contribution in [3.05, 3.63) is 47.5 Å². The molecule has 1 aliphatic rings. The van der Waals surface area contributed by atoms with E-state index in [0.717, 1.165) is 24.5 Å². The quantitative estimate of drug-likeness (QED) is 0.630. The monoisotopic (exact) mass is 365 g/mol. The van der Waals surface area contributed by atoms with Gasteiger partial charge in [0.05, 0.1) is 15.2 Å². The second kappa shape index (κ2) is 7.37. The summed E-state index contributed by atoms with van der Waals surface area (Å²) < 4.78 is 1.29. The first kappa shape index (κ1) is 17.5. The fourth-order valence-electron chi connectivity index (χ4n) is 3.78. The van der Waals surface area contributed by atoms with Crippen molar-refractivity contribution >= 4 is 27.2 Å². The molecule has 4 heteroatoms. The highest BCUT2D eigenvalue weighted by atomic mass is 32.1. The summed E-state index contributed by atoms with van der Waals surface area (Å²) in [6.45, 7) is 4.73. The summed E-state index contributed by atoms with van der Waals surface area (Å²) in [7, 11) is 4.14. The van der Waals surface area contributed by atoms with E-state index in [9.17, 15) is 0 Å². The average Bonchev–Trinajstić information content (AvgIpc) is 3.24. The third-order valence-corrected chi connectivity index (χ3v) is 6.55. The Morgan fingerprint density at radius 2 is 1.88 bits per heavy atom. The van der Waals surface area contributed by atoms with E-state index < -0.39 is 0 Å². The number of hydrogen-bond acceptors (Lipinski definition) is 4. The highest BCUT2D eigenvalue weighted by molar-refractivity contribution is 7.18. The summed E-state index contributed by atoms with van der Waals surface area (Å²) in [4.78, 5) is 9.64. The fraction of sp³-hybridized carbons (Fsp3) is 0.409. The van der Waals surface area contributed by atoms with Crippen molar-refractivity contribution in [3.63, 3.8) is 0 Å². The van der Waals surface area contributed by atoms with Gasteiger partial charge in [0.25, 0.3) is 0 Å². The van der Waals surface area contributed by atoms with Crippen molar-refractivity contribution in [1.82, 2.24) is 9.88 Å². The molecular weight excluding hydrogens is 338 g/mol. The highest BCUT2D eigenvalue weighted by Gasteiger charge is 2.20. The molecule has 136 valence electrons. The van der Waals surface area contributed by atoms with Gasteiger partial charge in [-0.2, -0.15) is 0 Å². The van der Waals surface area contributed by atoms with Crippen LogP contribution in [-0.4, -0.2) is 43.1 Å². The number of nitrogens with zero attached hydrogens (tertiary/aromatic N) is 3. The molecule has 4 rings (SSSR count). The van der Waals surface area contributed by atoms with Gasteiger partial charge in [0.2, 0.25) is 0 Å². The van der Waals surface area contributed by atoms with Crippen LogP contribution in [0.4, 0.5) is 5.69 Å². The molecule has 0 bridgehead atoms. The van der Waals surface area contributed by atoms with Crippen LogP contribution in [0.5, 0.6) is 0 Å². The van der Waals surface area contributed by atoms with Crippen molar-refractivity contribution in [1.29, 1.82) is 0 Å². The van der Waals surface area contributed by atoms with E-state index in [1.807, 2.05) is 11.3 Å². The molecule has 0 aliphatic carbocycles. The van der Waals surface area contributed by atoms with Gasteiger partial charge in [-0.1, -0.05) is 18.2 Å². The second-order valence-electron chi connectivity index (χ2n) is 7.51. The summed E-state index contributed by atoms with van der Waals surface area (Å²) in [6.07, 6.45) is 3.75. The summed E-state index contributed by atoms with van der Waals surface area (Å²) in [5.74, 6) is 0. The van der Waals surface area contributed by atoms with Crippen LogP contribution in [0.15, 0.2) is 42.5 Å². The van der Waals surface area contributed by atoms with E-state index in [2.05, 4.69) is 73.3 Å². The first-order valence-electron chi connectivity index (χ1n) is 9.51. The van der Waals surface area contributed by atoms with Gasteiger partial charge in [0.1, 0.15) is 0 Å². The number of fused-ring (bicyclic) bond motifs is 1. The zero-order valence-electron chi connectivity index (χ0n) is 15.9. The van der Waals surface area contributed by atoms with Crippen molar-refractivity contribution in [2.75, 3.05) is 32.1 Å². The Morgan fingerprint density at radius 1 is 1.12 bits per heavy atom. The van der Waals surface area contributed by atoms with E-state index in [1.54, 1.807) is 0 Å². The van der Waals surface area contributed by atoms with E-state index >= 15 is 0 Å². The van der Waals surface area contributed by atoms with Gasteiger partial charge in [-0.15, -0.1) is 11.3 Å². The van der Waals surface area contributed by atoms with E-state index in [-0.39, 0.29) is 0 Å². The molecule has 1 saturated heterocycles. The van der Waals surface area contributed by atoms with Gasteiger partial charge in [-0.3, -0.25) is 0 Å². The molecule has 0 unspecified atom stereocenters. The van der Waals surface area contributed by atoms with Gasteiger partial charge in [0.15, 0.2) is 0 Å². The van der Waals surface area contributed by atoms with Crippen LogP contribution in [-0.2, 0) is 6.42 Å². The van der Waals surface area contributed by atoms with Crippen LogP contribution in [0.2, 0.25) is 0 Å². The molecule has 0 radical (unpaired) electrons. The Balaban J connectivity index is 1.51. The number of thiazole rings is 1. The van der Waals surface area contributed by atoms with Gasteiger partial charge in [0, 0.05) is 38.8 Å². The number of likely N-dealkylation sites (tertiary alicyclic amines) is 1. The Hall–Kier alpha value is -1.91. The van der Waals surface area contributed by atoms with Crippen LogP contribution in [0, 0.1) is 0 Å². The molecule has 1 aliphatic heterocycles. The summed E-state index contributed by atoms with van der Waals surface area (Å²) in [5, 5.41) is 1.26. The van der Waals surface area contributed by atoms with Crippen molar-refractivity contribution in [2.45, 2.75) is 32.2 Å². The topological polar surface area (TPSA) is 19.4 Å². The number of hydrogen-bond donors (Lipinski definition) is 0. The third-order valence-electron chi connectivity index (χ3n) is 5.45. The van der Waals surface area contributed by atoms with Gasteiger partial charge in [-0.25, -0.2) is 4.98 Å². The lowest BCUT2D eigenvalue weighted by atomic mass is 10.0. The molecule has 3 nitrogen and oxygen atoms in total. The molecule has 3 aromatic rings. The predicted molar refractivity (Wildman–Crippen MR) is 113 cm³/mol. The van der Waals surface area contributed by atoms with Crippen LogP contribution >= 0.6 is 11.3 Å². The Bertz CT molecular complexity index is 882. The SMILES string of the molecule is C[C@@H]1CCCN1CCc1nc2cc(-c3ccc(N(C)C)cc3)ccc2s1. The molecule has 1 atom stereocenters. The van der Waals surface area contributed by atoms with Gasteiger partial charge < -0.3 is 9.80 Å². The van der Waals surface area contributed by atoms with E-state index in [4.69, 9.17) is 4.98 Å². The molecule has 0 spiro atoms. The Labute approximate surface area is 160 Å². The predicted octanol–water partition coefficient (Wildman–Crippen LogP) is 5.06. The average molecular weight is 366 g/mol. The highest BCUT2D eigenvalue weighted by Crippen LogP contribution is 2.29. The largest absolute Gasteiger partial charge is 0.378 e.